The van der Waals surface area contributed by atoms with Crippen molar-refractivity contribution in [2.24, 2.45) is 7.05 Å². The van der Waals surface area contributed by atoms with Crippen molar-refractivity contribution in [3.8, 4) is 0 Å². The van der Waals surface area contributed by atoms with Crippen LogP contribution in [0.4, 0.5) is 20.2 Å². The number of aryl methyl sites for hydroxylation is 1. The molecule has 2 aromatic carbocycles. The number of fused-ring (bicyclic) bond motifs is 1. The van der Waals surface area contributed by atoms with Gasteiger partial charge in [-0.3, -0.25) is 4.79 Å². The Morgan fingerprint density at radius 3 is 2.79 bits per heavy atom. The molecule has 1 unspecified atom stereocenters. The molecule has 7 nitrogen and oxygen atoms in total. The minimum atomic E-state index is -0.968. The molecule has 0 aliphatic carbocycles. The number of nitrogens with zero attached hydrogens (tertiary/aromatic N) is 2. The predicted octanol–water partition coefficient (Wildman–Crippen LogP) is 2.67. The zero-order valence-electron chi connectivity index (χ0n) is 15.4. The zero-order chi connectivity index (χ0) is 21.1. The summed E-state index contributed by atoms with van der Waals surface area (Å²) in [4.78, 5) is 16.7. The summed E-state index contributed by atoms with van der Waals surface area (Å²) in [5.74, 6) is -1.97. The van der Waals surface area contributed by atoms with E-state index in [0.29, 0.717) is 9.09 Å². The van der Waals surface area contributed by atoms with Gasteiger partial charge in [0.2, 0.25) is 0 Å². The fraction of sp³-hybridized carbons (Fsp3) is 0.263. The summed E-state index contributed by atoms with van der Waals surface area (Å²) in [6.07, 6.45) is 0.584. The fourth-order valence-corrected chi connectivity index (χ4v) is 3.24. The van der Waals surface area contributed by atoms with Gasteiger partial charge in [0.05, 0.1) is 41.5 Å². The molecule has 1 heterocycles. The Balaban J connectivity index is 2.00. The highest BCUT2D eigenvalue weighted by atomic mass is 127. The van der Waals surface area contributed by atoms with Crippen LogP contribution < -0.4 is 10.6 Å². The van der Waals surface area contributed by atoms with Crippen LogP contribution in [0.5, 0.6) is 0 Å². The molecular formula is C19H19F2IN4O3. The van der Waals surface area contributed by atoms with Gasteiger partial charge in [0.15, 0.2) is 5.82 Å². The Morgan fingerprint density at radius 1 is 1.34 bits per heavy atom. The highest BCUT2D eigenvalue weighted by Gasteiger charge is 2.22. The molecule has 0 radical (unpaired) electrons. The highest BCUT2D eigenvalue weighted by molar-refractivity contribution is 14.1. The van der Waals surface area contributed by atoms with Crippen molar-refractivity contribution in [1.29, 1.82) is 0 Å². The number of aromatic nitrogens is 2. The molecule has 4 N–H and O–H groups in total. The number of imidazole rings is 1. The molecule has 0 fully saturated rings. The smallest absolute Gasteiger partial charge is 0.253 e. The minimum Gasteiger partial charge on any atom is -0.394 e. The van der Waals surface area contributed by atoms with Crippen molar-refractivity contribution in [3.05, 3.63) is 51.4 Å². The van der Waals surface area contributed by atoms with Gasteiger partial charge in [-0.05, 0) is 53.3 Å². The number of amides is 1. The third kappa shape index (κ3) is 4.65. The Morgan fingerprint density at radius 2 is 2.10 bits per heavy atom. The number of hydrogen-bond acceptors (Lipinski definition) is 5. The number of aliphatic hydroxyl groups is 2. The van der Waals surface area contributed by atoms with Crippen LogP contribution in [0, 0.1) is 15.2 Å². The van der Waals surface area contributed by atoms with Gasteiger partial charge in [0, 0.05) is 17.2 Å². The lowest BCUT2D eigenvalue weighted by Crippen LogP contribution is -2.29. The number of halogens is 3. The van der Waals surface area contributed by atoms with Crippen LogP contribution in [0.1, 0.15) is 16.8 Å². The topological polar surface area (TPSA) is 99.4 Å². The predicted molar refractivity (Wildman–Crippen MR) is 113 cm³/mol. The number of rotatable bonds is 7. The van der Waals surface area contributed by atoms with Crippen LogP contribution >= 0.6 is 22.6 Å². The van der Waals surface area contributed by atoms with Gasteiger partial charge in [0.1, 0.15) is 11.3 Å². The van der Waals surface area contributed by atoms with E-state index in [2.05, 4.69) is 15.6 Å². The van der Waals surface area contributed by atoms with Gasteiger partial charge < -0.3 is 25.4 Å². The normalized spacial score (nSPS) is 12.2. The van der Waals surface area contributed by atoms with Gasteiger partial charge in [-0.25, -0.2) is 13.8 Å². The van der Waals surface area contributed by atoms with Crippen LogP contribution in [0.15, 0.2) is 30.6 Å². The number of carbonyl (C=O) groups is 1. The molecule has 0 saturated heterocycles. The molecule has 1 amide bonds. The molecule has 0 aliphatic heterocycles. The van der Waals surface area contributed by atoms with Crippen LogP contribution in [0.2, 0.25) is 0 Å². The van der Waals surface area contributed by atoms with Crippen molar-refractivity contribution < 1.29 is 23.8 Å². The molecule has 3 aromatic rings. The van der Waals surface area contributed by atoms with E-state index in [9.17, 15) is 14.3 Å². The molecule has 1 atom stereocenters. The average Bonchev–Trinajstić information content (AvgIpc) is 3.06. The quantitative estimate of drug-likeness (QED) is 0.362. The second-order valence-electron chi connectivity index (χ2n) is 6.47. The molecule has 3 rings (SSSR count). The van der Waals surface area contributed by atoms with Crippen LogP contribution in [0.3, 0.4) is 0 Å². The molecule has 0 saturated carbocycles. The molecule has 0 spiro atoms. The first-order chi connectivity index (χ1) is 13.8. The first-order valence-electron chi connectivity index (χ1n) is 8.74. The number of anilines is 2. The van der Waals surface area contributed by atoms with Crippen molar-refractivity contribution in [3.63, 3.8) is 0 Å². The monoisotopic (exact) mass is 516 g/mol. The lowest BCUT2D eigenvalue weighted by molar-refractivity contribution is 0.0834. The van der Waals surface area contributed by atoms with E-state index in [4.69, 9.17) is 5.11 Å². The molecule has 10 heteroatoms. The van der Waals surface area contributed by atoms with Crippen molar-refractivity contribution in [2.75, 3.05) is 18.5 Å². The summed E-state index contributed by atoms with van der Waals surface area (Å²) in [5, 5.41) is 23.5. The maximum absolute atomic E-state index is 15.2. The standard InChI is InChI=1S/C19H19F2IN4O3/c1-26-9-24-18-15(26)7-12(19(29)23-5-4-11(28)8-27)17(16(18)21)25-14-3-2-10(22)6-13(14)20/h2-3,6-7,9,11,25,27-28H,4-5,8H2,1H3,(H,23,29). The third-order valence-electron chi connectivity index (χ3n) is 4.37. The van der Waals surface area contributed by atoms with Gasteiger partial charge in [0.25, 0.3) is 5.91 Å². The van der Waals surface area contributed by atoms with E-state index < -0.39 is 30.3 Å². The Kier molecular flexibility index (Phi) is 6.65. The van der Waals surface area contributed by atoms with Crippen molar-refractivity contribution in [1.82, 2.24) is 14.9 Å². The maximum atomic E-state index is 15.2. The van der Waals surface area contributed by atoms with Crippen LogP contribution in [-0.4, -0.2) is 44.9 Å². The summed E-state index contributed by atoms with van der Waals surface area (Å²) in [6.45, 7) is -0.354. The first-order valence-corrected chi connectivity index (χ1v) is 9.82. The molecule has 0 aliphatic rings. The number of hydrogen-bond donors (Lipinski definition) is 4. The van der Waals surface area contributed by atoms with Crippen LogP contribution in [0.25, 0.3) is 11.0 Å². The largest absolute Gasteiger partial charge is 0.394 e. The Bertz CT molecular complexity index is 1060. The van der Waals surface area contributed by atoms with E-state index in [1.807, 2.05) is 22.6 Å². The second kappa shape index (κ2) is 9.01. The molecular weight excluding hydrogens is 497 g/mol. The van der Waals surface area contributed by atoms with E-state index in [0.717, 1.165) is 0 Å². The SMILES string of the molecule is Cn1cnc2c(F)c(Nc3ccc(I)cc3F)c(C(=O)NCCC(O)CO)cc21. The maximum Gasteiger partial charge on any atom is 0.253 e. The second-order valence-corrected chi connectivity index (χ2v) is 7.71. The highest BCUT2D eigenvalue weighted by Crippen LogP contribution is 2.31. The van der Waals surface area contributed by atoms with Gasteiger partial charge >= 0.3 is 0 Å². The lowest BCUT2D eigenvalue weighted by Gasteiger charge is -2.15. The lowest BCUT2D eigenvalue weighted by atomic mass is 10.1. The minimum absolute atomic E-state index is 0.0179. The molecule has 154 valence electrons. The number of carbonyl (C=O) groups excluding carboxylic acids is 1. The van der Waals surface area contributed by atoms with E-state index in [1.165, 1.54) is 24.5 Å². The Labute approximate surface area is 178 Å². The van der Waals surface area contributed by atoms with E-state index in [1.54, 1.807) is 17.7 Å². The summed E-state index contributed by atoms with van der Waals surface area (Å²) in [7, 11) is 1.67. The molecule has 1 aromatic heterocycles. The van der Waals surface area contributed by atoms with Gasteiger partial charge in [-0.2, -0.15) is 0 Å². The molecule has 29 heavy (non-hydrogen) atoms. The molecule has 0 bridgehead atoms. The number of benzene rings is 2. The zero-order valence-corrected chi connectivity index (χ0v) is 17.6. The summed E-state index contributed by atoms with van der Waals surface area (Å²) in [5.41, 5.74) is 0.237. The van der Waals surface area contributed by atoms with Gasteiger partial charge in [-0.1, -0.05) is 0 Å². The van der Waals surface area contributed by atoms with Crippen molar-refractivity contribution in [2.45, 2.75) is 12.5 Å². The summed E-state index contributed by atoms with van der Waals surface area (Å²) < 4.78 is 31.7. The number of aliphatic hydroxyl groups excluding tert-OH is 2. The third-order valence-corrected chi connectivity index (χ3v) is 5.04. The van der Waals surface area contributed by atoms with Crippen LogP contribution in [-0.2, 0) is 7.05 Å². The summed E-state index contributed by atoms with van der Waals surface area (Å²) in [6, 6.07) is 5.87. The van der Waals surface area contributed by atoms with Crippen molar-refractivity contribution >= 4 is 50.9 Å². The Hall–Kier alpha value is -2.31. The average molecular weight is 516 g/mol. The number of nitrogens with one attached hydrogen (secondary N) is 2. The fourth-order valence-electron chi connectivity index (χ4n) is 2.79. The van der Waals surface area contributed by atoms with E-state index >= 15 is 4.39 Å². The summed E-state index contributed by atoms with van der Waals surface area (Å²) >= 11 is 1.96. The van der Waals surface area contributed by atoms with E-state index in [-0.39, 0.29) is 35.4 Å². The van der Waals surface area contributed by atoms with Gasteiger partial charge in [-0.15, -0.1) is 0 Å². The first kappa shape index (κ1) is 21.4.